The summed E-state index contributed by atoms with van der Waals surface area (Å²) in [5, 5.41) is 3.57. The van der Waals surface area contributed by atoms with E-state index in [4.69, 9.17) is 27.9 Å². The topological polar surface area (TPSA) is 58.6 Å². The second-order valence-corrected chi connectivity index (χ2v) is 6.86. The van der Waals surface area contributed by atoms with Crippen LogP contribution < -0.4 is 15.0 Å². The van der Waals surface area contributed by atoms with E-state index < -0.39 is 6.10 Å². The molecule has 0 bridgehead atoms. The number of hydrogen-bond donors (Lipinski definition) is 1. The van der Waals surface area contributed by atoms with Crippen LogP contribution in [-0.4, -0.2) is 24.5 Å². The van der Waals surface area contributed by atoms with Crippen LogP contribution in [0.25, 0.3) is 0 Å². The van der Waals surface area contributed by atoms with Crippen molar-refractivity contribution < 1.29 is 14.3 Å². The first-order chi connectivity index (χ1) is 12.4. The highest BCUT2D eigenvalue weighted by Crippen LogP contribution is 2.26. The monoisotopic (exact) mass is 392 g/mol. The van der Waals surface area contributed by atoms with Crippen molar-refractivity contribution in [3.63, 3.8) is 0 Å². The van der Waals surface area contributed by atoms with Crippen LogP contribution in [0.3, 0.4) is 0 Å². The van der Waals surface area contributed by atoms with Gasteiger partial charge < -0.3 is 15.0 Å². The first-order valence-corrected chi connectivity index (χ1v) is 9.02. The summed E-state index contributed by atoms with van der Waals surface area (Å²) in [6, 6.07) is 12.0. The summed E-state index contributed by atoms with van der Waals surface area (Å²) in [5.74, 6) is 0.351. The predicted molar refractivity (Wildman–Crippen MR) is 103 cm³/mol. The van der Waals surface area contributed by atoms with E-state index in [1.807, 2.05) is 12.1 Å². The molecule has 136 valence electrons. The minimum Gasteiger partial charge on any atom is -0.481 e. The van der Waals surface area contributed by atoms with Gasteiger partial charge in [0.05, 0.1) is 10.7 Å². The zero-order chi connectivity index (χ0) is 18.7. The van der Waals surface area contributed by atoms with Crippen LogP contribution in [0.15, 0.2) is 42.5 Å². The average molecular weight is 393 g/mol. The summed E-state index contributed by atoms with van der Waals surface area (Å²) >= 11 is 11.9. The van der Waals surface area contributed by atoms with E-state index in [2.05, 4.69) is 5.32 Å². The lowest BCUT2D eigenvalue weighted by atomic mass is 10.2. The third-order valence-corrected chi connectivity index (χ3v) is 4.64. The summed E-state index contributed by atoms with van der Waals surface area (Å²) in [6.07, 6.45) is 0.741. The normalized spacial score (nSPS) is 15.0. The second kappa shape index (κ2) is 7.98. The molecular weight excluding hydrogens is 375 g/mol. The van der Waals surface area contributed by atoms with E-state index in [0.29, 0.717) is 27.9 Å². The number of halogens is 2. The van der Waals surface area contributed by atoms with Crippen molar-refractivity contribution in [3.05, 3.63) is 52.5 Å². The van der Waals surface area contributed by atoms with Gasteiger partial charge in [-0.05, 0) is 55.8 Å². The molecular formula is C19H18Cl2N2O3. The largest absolute Gasteiger partial charge is 0.481 e. The molecule has 3 rings (SSSR count). The standard InChI is InChI=1S/C19H18Cl2N2O3/c1-12(19(25)22-17-9-4-13(20)11-16(17)21)26-15-7-5-14(6-8-15)23-10-2-3-18(23)24/h4-9,11-12H,2-3,10H2,1H3,(H,22,25)/t12-/m0/s1. The van der Waals surface area contributed by atoms with Crippen LogP contribution >= 0.6 is 23.2 Å². The first-order valence-electron chi connectivity index (χ1n) is 8.27. The smallest absolute Gasteiger partial charge is 0.265 e. The highest BCUT2D eigenvalue weighted by Gasteiger charge is 2.22. The van der Waals surface area contributed by atoms with Gasteiger partial charge in [0, 0.05) is 23.7 Å². The van der Waals surface area contributed by atoms with Crippen LogP contribution in [0.2, 0.25) is 10.0 Å². The molecule has 1 heterocycles. The quantitative estimate of drug-likeness (QED) is 0.812. The summed E-state index contributed by atoms with van der Waals surface area (Å²) in [4.78, 5) is 25.8. The molecule has 0 radical (unpaired) electrons. The van der Waals surface area contributed by atoms with Gasteiger partial charge in [-0.1, -0.05) is 23.2 Å². The summed E-state index contributed by atoms with van der Waals surface area (Å²) in [7, 11) is 0. The Balaban J connectivity index is 1.61. The van der Waals surface area contributed by atoms with Gasteiger partial charge in [0.1, 0.15) is 5.75 Å². The number of nitrogens with one attached hydrogen (secondary N) is 1. The number of benzene rings is 2. The second-order valence-electron chi connectivity index (χ2n) is 6.02. The molecule has 0 aliphatic carbocycles. The lowest BCUT2D eigenvalue weighted by molar-refractivity contribution is -0.122. The number of carbonyl (C=O) groups excluding carboxylic acids is 2. The molecule has 1 atom stereocenters. The molecule has 1 fully saturated rings. The summed E-state index contributed by atoms with van der Waals surface area (Å²) < 4.78 is 5.67. The third kappa shape index (κ3) is 4.29. The lowest BCUT2D eigenvalue weighted by Crippen LogP contribution is -2.30. The van der Waals surface area contributed by atoms with Crippen molar-refractivity contribution in [2.24, 2.45) is 0 Å². The zero-order valence-corrected chi connectivity index (χ0v) is 15.7. The molecule has 2 aromatic carbocycles. The van der Waals surface area contributed by atoms with E-state index in [-0.39, 0.29) is 11.8 Å². The minimum atomic E-state index is -0.721. The van der Waals surface area contributed by atoms with Crippen LogP contribution in [-0.2, 0) is 9.59 Å². The molecule has 26 heavy (non-hydrogen) atoms. The van der Waals surface area contributed by atoms with Crippen LogP contribution in [0.1, 0.15) is 19.8 Å². The van der Waals surface area contributed by atoms with Crippen molar-refractivity contribution in [1.82, 2.24) is 0 Å². The maximum Gasteiger partial charge on any atom is 0.265 e. The number of carbonyl (C=O) groups is 2. The van der Waals surface area contributed by atoms with Crippen LogP contribution in [0.4, 0.5) is 11.4 Å². The molecule has 0 unspecified atom stereocenters. The Hall–Kier alpha value is -2.24. The van der Waals surface area contributed by atoms with E-state index in [0.717, 1.165) is 18.7 Å². The van der Waals surface area contributed by atoms with Gasteiger partial charge in [0.25, 0.3) is 5.91 Å². The number of amides is 2. The highest BCUT2D eigenvalue weighted by molar-refractivity contribution is 6.36. The van der Waals surface area contributed by atoms with Crippen LogP contribution in [0, 0.1) is 0 Å². The predicted octanol–water partition coefficient (Wildman–Crippen LogP) is 4.53. The molecule has 0 aromatic heterocycles. The molecule has 7 heteroatoms. The van der Waals surface area contributed by atoms with Crippen molar-refractivity contribution >= 4 is 46.4 Å². The Morgan fingerprint density at radius 2 is 1.92 bits per heavy atom. The Kier molecular flexibility index (Phi) is 5.69. The van der Waals surface area contributed by atoms with E-state index in [9.17, 15) is 9.59 Å². The SMILES string of the molecule is C[C@H](Oc1ccc(N2CCCC2=O)cc1)C(=O)Nc1ccc(Cl)cc1Cl. The van der Waals surface area contributed by atoms with Gasteiger partial charge in [-0.25, -0.2) is 0 Å². The number of rotatable bonds is 5. The van der Waals surface area contributed by atoms with Gasteiger partial charge in [-0.2, -0.15) is 0 Å². The highest BCUT2D eigenvalue weighted by atomic mass is 35.5. The van der Waals surface area contributed by atoms with Crippen molar-refractivity contribution in [1.29, 1.82) is 0 Å². The molecule has 0 spiro atoms. The third-order valence-electron chi connectivity index (χ3n) is 4.09. The maximum atomic E-state index is 12.3. The Morgan fingerprint density at radius 3 is 2.54 bits per heavy atom. The van der Waals surface area contributed by atoms with Gasteiger partial charge in [-0.15, -0.1) is 0 Å². The number of ether oxygens (including phenoxy) is 1. The molecule has 5 nitrogen and oxygen atoms in total. The van der Waals surface area contributed by atoms with Gasteiger partial charge >= 0.3 is 0 Å². The molecule has 1 aliphatic heterocycles. The number of nitrogens with zero attached hydrogens (tertiary/aromatic N) is 1. The molecule has 1 N–H and O–H groups in total. The lowest BCUT2D eigenvalue weighted by Gasteiger charge is -2.18. The fraction of sp³-hybridized carbons (Fsp3) is 0.263. The zero-order valence-electron chi connectivity index (χ0n) is 14.2. The Bertz CT molecular complexity index is 824. The summed E-state index contributed by atoms with van der Waals surface area (Å²) in [6.45, 7) is 2.39. The minimum absolute atomic E-state index is 0.131. The van der Waals surface area contributed by atoms with Gasteiger partial charge in [-0.3, -0.25) is 9.59 Å². The Labute approximate surface area is 161 Å². The molecule has 2 aromatic rings. The maximum absolute atomic E-state index is 12.3. The number of hydrogen-bond acceptors (Lipinski definition) is 3. The van der Waals surface area contributed by atoms with Gasteiger partial charge in [0.2, 0.25) is 5.91 Å². The Morgan fingerprint density at radius 1 is 1.19 bits per heavy atom. The molecule has 1 aliphatic rings. The van der Waals surface area contributed by atoms with Crippen LogP contribution in [0.5, 0.6) is 5.75 Å². The molecule has 2 amide bonds. The van der Waals surface area contributed by atoms with Crippen molar-refractivity contribution in [3.8, 4) is 5.75 Å². The average Bonchev–Trinajstić information content (AvgIpc) is 3.04. The fourth-order valence-corrected chi connectivity index (χ4v) is 3.16. The van der Waals surface area contributed by atoms with Crippen molar-refractivity contribution in [2.45, 2.75) is 25.9 Å². The van der Waals surface area contributed by atoms with E-state index in [1.54, 1.807) is 42.2 Å². The molecule has 0 saturated carbocycles. The molecule has 1 saturated heterocycles. The first kappa shape index (κ1) is 18.5. The van der Waals surface area contributed by atoms with E-state index >= 15 is 0 Å². The fourth-order valence-electron chi connectivity index (χ4n) is 2.71. The van der Waals surface area contributed by atoms with Gasteiger partial charge in [0.15, 0.2) is 6.10 Å². The van der Waals surface area contributed by atoms with E-state index in [1.165, 1.54) is 0 Å². The van der Waals surface area contributed by atoms with Crippen molar-refractivity contribution in [2.75, 3.05) is 16.8 Å². The summed E-state index contributed by atoms with van der Waals surface area (Å²) in [5.41, 5.74) is 1.31. The number of anilines is 2.